The number of hydrogen-bond donors (Lipinski definition) is 1. The highest BCUT2D eigenvalue weighted by molar-refractivity contribution is 8.00. The molecule has 0 aromatic carbocycles. The highest BCUT2D eigenvalue weighted by Crippen LogP contribution is 2.42. The van der Waals surface area contributed by atoms with Crippen LogP contribution in [0.3, 0.4) is 0 Å². The highest BCUT2D eigenvalue weighted by Gasteiger charge is 2.36. The number of thioether (sulfide) groups is 1. The van der Waals surface area contributed by atoms with E-state index >= 15 is 0 Å². The summed E-state index contributed by atoms with van der Waals surface area (Å²) in [5, 5.41) is 3.73. The number of hydrogen-bond acceptors (Lipinski definition) is 3. The van der Waals surface area contributed by atoms with E-state index in [1.807, 2.05) is 23.1 Å². The van der Waals surface area contributed by atoms with E-state index in [1.165, 1.54) is 34.6 Å². The third-order valence-corrected chi connectivity index (χ3v) is 6.37. The SMILES string of the molecule is CSC1(CNC(C)c2cc(C)sc2C)CCC1. The van der Waals surface area contributed by atoms with Crippen molar-refractivity contribution in [2.45, 2.75) is 50.8 Å². The summed E-state index contributed by atoms with van der Waals surface area (Å²) in [6.45, 7) is 7.88. The van der Waals surface area contributed by atoms with Crippen molar-refractivity contribution in [3.63, 3.8) is 0 Å². The molecule has 1 aliphatic carbocycles. The van der Waals surface area contributed by atoms with Gasteiger partial charge in [0, 0.05) is 27.1 Å². The molecule has 96 valence electrons. The van der Waals surface area contributed by atoms with Crippen LogP contribution in [0.4, 0.5) is 0 Å². The molecule has 0 bridgehead atoms. The van der Waals surface area contributed by atoms with Crippen molar-refractivity contribution in [2.75, 3.05) is 12.8 Å². The molecule has 1 heterocycles. The van der Waals surface area contributed by atoms with Crippen molar-refractivity contribution in [3.8, 4) is 0 Å². The van der Waals surface area contributed by atoms with Gasteiger partial charge in [-0.2, -0.15) is 11.8 Å². The normalized spacial score (nSPS) is 20.0. The van der Waals surface area contributed by atoms with Crippen LogP contribution >= 0.6 is 23.1 Å². The zero-order valence-corrected chi connectivity index (χ0v) is 12.9. The minimum atomic E-state index is 0.490. The van der Waals surface area contributed by atoms with Crippen LogP contribution in [-0.2, 0) is 0 Å². The lowest BCUT2D eigenvalue weighted by Crippen LogP contribution is -2.44. The molecular formula is C14H23NS2. The maximum absolute atomic E-state index is 3.73. The Balaban J connectivity index is 1.93. The van der Waals surface area contributed by atoms with Crippen molar-refractivity contribution in [2.24, 2.45) is 0 Å². The number of aryl methyl sites for hydroxylation is 2. The van der Waals surface area contributed by atoms with Crippen LogP contribution in [0.5, 0.6) is 0 Å². The Morgan fingerprint density at radius 3 is 2.59 bits per heavy atom. The number of nitrogens with one attached hydrogen (secondary N) is 1. The molecular weight excluding hydrogens is 246 g/mol. The Hall–Kier alpha value is 0.01000. The monoisotopic (exact) mass is 269 g/mol. The first-order valence-electron chi connectivity index (χ1n) is 6.42. The van der Waals surface area contributed by atoms with Crippen LogP contribution in [-0.4, -0.2) is 17.5 Å². The Kier molecular flexibility index (Phi) is 4.22. The van der Waals surface area contributed by atoms with Crippen LogP contribution in [0.2, 0.25) is 0 Å². The van der Waals surface area contributed by atoms with E-state index in [1.54, 1.807) is 0 Å². The maximum Gasteiger partial charge on any atom is 0.0303 e. The lowest BCUT2D eigenvalue weighted by Gasteiger charge is -2.41. The predicted molar refractivity (Wildman–Crippen MR) is 80.3 cm³/mol. The van der Waals surface area contributed by atoms with Crippen LogP contribution in [0.25, 0.3) is 0 Å². The van der Waals surface area contributed by atoms with Crippen molar-refractivity contribution in [1.82, 2.24) is 5.32 Å². The number of thiophene rings is 1. The molecule has 1 aromatic heterocycles. The van der Waals surface area contributed by atoms with Crippen molar-refractivity contribution in [1.29, 1.82) is 0 Å². The molecule has 1 aliphatic rings. The maximum atomic E-state index is 3.73. The van der Waals surface area contributed by atoms with Crippen molar-refractivity contribution < 1.29 is 0 Å². The Morgan fingerprint density at radius 2 is 2.18 bits per heavy atom. The molecule has 17 heavy (non-hydrogen) atoms. The quantitative estimate of drug-likeness (QED) is 0.855. The van der Waals surface area contributed by atoms with E-state index in [2.05, 4.69) is 38.4 Å². The smallest absolute Gasteiger partial charge is 0.0303 e. The van der Waals surface area contributed by atoms with Crippen molar-refractivity contribution in [3.05, 3.63) is 21.4 Å². The van der Waals surface area contributed by atoms with Gasteiger partial charge in [0.15, 0.2) is 0 Å². The second kappa shape index (κ2) is 5.33. The predicted octanol–water partition coefficient (Wildman–Crippen LogP) is 4.30. The van der Waals surface area contributed by atoms with E-state index in [4.69, 9.17) is 0 Å². The summed E-state index contributed by atoms with van der Waals surface area (Å²) in [6.07, 6.45) is 6.43. The van der Waals surface area contributed by atoms with Gasteiger partial charge in [0.1, 0.15) is 0 Å². The zero-order valence-electron chi connectivity index (χ0n) is 11.3. The van der Waals surface area contributed by atoms with E-state index in [-0.39, 0.29) is 0 Å². The first-order valence-corrected chi connectivity index (χ1v) is 8.46. The first-order chi connectivity index (χ1) is 8.06. The van der Waals surface area contributed by atoms with Gasteiger partial charge in [-0.15, -0.1) is 11.3 Å². The summed E-state index contributed by atoms with van der Waals surface area (Å²) in [7, 11) is 0. The second-order valence-electron chi connectivity index (χ2n) is 5.21. The van der Waals surface area contributed by atoms with Gasteiger partial charge in [-0.3, -0.25) is 0 Å². The summed E-state index contributed by atoms with van der Waals surface area (Å²) in [4.78, 5) is 2.89. The molecule has 1 N–H and O–H groups in total. The molecule has 3 heteroatoms. The fourth-order valence-corrected chi connectivity index (χ4v) is 4.50. The first kappa shape index (κ1) is 13.4. The molecule has 1 saturated carbocycles. The molecule has 2 rings (SSSR count). The molecule has 1 aromatic rings. The molecule has 1 nitrogen and oxygen atoms in total. The minimum Gasteiger partial charge on any atom is -0.309 e. The van der Waals surface area contributed by atoms with E-state index in [0.29, 0.717) is 10.8 Å². The fraction of sp³-hybridized carbons (Fsp3) is 0.714. The van der Waals surface area contributed by atoms with Gasteiger partial charge in [-0.05, 0) is 51.5 Å². The molecule has 0 spiro atoms. The summed E-state index contributed by atoms with van der Waals surface area (Å²) in [6, 6.07) is 2.83. The third-order valence-electron chi connectivity index (χ3n) is 3.97. The average Bonchev–Trinajstić information content (AvgIpc) is 2.57. The Labute approximate surface area is 113 Å². The topological polar surface area (TPSA) is 12.0 Å². The molecule has 0 saturated heterocycles. The Bertz CT molecular complexity index is 374. The largest absolute Gasteiger partial charge is 0.309 e. The molecule has 0 aliphatic heterocycles. The van der Waals surface area contributed by atoms with Crippen molar-refractivity contribution >= 4 is 23.1 Å². The summed E-state index contributed by atoms with van der Waals surface area (Å²) in [5.74, 6) is 0. The molecule has 1 unspecified atom stereocenters. The van der Waals surface area contributed by atoms with Crippen LogP contribution in [0, 0.1) is 13.8 Å². The van der Waals surface area contributed by atoms with Gasteiger partial charge in [0.25, 0.3) is 0 Å². The molecule has 1 atom stereocenters. The lowest BCUT2D eigenvalue weighted by molar-refractivity contribution is 0.334. The summed E-state index contributed by atoms with van der Waals surface area (Å²) >= 11 is 3.96. The van der Waals surface area contributed by atoms with Crippen LogP contribution in [0.1, 0.15) is 47.5 Å². The molecule has 0 amide bonds. The summed E-state index contributed by atoms with van der Waals surface area (Å²) in [5.41, 5.74) is 1.49. The fourth-order valence-electron chi connectivity index (χ4n) is 2.55. The van der Waals surface area contributed by atoms with Gasteiger partial charge in [-0.25, -0.2) is 0 Å². The van der Waals surface area contributed by atoms with Crippen LogP contribution < -0.4 is 5.32 Å². The minimum absolute atomic E-state index is 0.490. The highest BCUT2D eigenvalue weighted by atomic mass is 32.2. The van der Waals surface area contributed by atoms with Gasteiger partial charge >= 0.3 is 0 Å². The number of rotatable bonds is 5. The Morgan fingerprint density at radius 1 is 1.47 bits per heavy atom. The van der Waals surface area contributed by atoms with Gasteiger partial charge in [0.2, 0.25) is 0 Å². The van der Waals surface area contributed by atoms with Crippen LogP contribution in [0.15, 0.2) is 6.07 Å². The second-order valence-corrected chi connectivity index (χ2v) is 7.95. The van der Waals surface area contributed by atoms with E-state index in [9.17, 15) is 0 Å². The average molecular weight is 269 g/mol. The molecule has 0 radical (unpaired) electrons. The standard InChI is InChI=1S/C14H23NS2/c1-10-8-13(12(3)17-10)11(2)15-9-14(16-4)6-5-7-14/h8,11,15H,5-7,9H2,1-4H3. The van der Waals surface area contributed by atoms with E-state index < -0.39 is 0 Å². The zero-order chi connectivity index (χ0) is 12.5. The third kappa shape index (κ3) is 2.88. The van der Waals surface area contributed by atoms with Gasteiger partial charge in [0.05, 0.1) is 0 Å². The van der Waals surface area contributed by atoms with Gasteiger partial charge < -0.3 is 5.32 Å². The molecule has 1 fully saturated rings. The summed E-state index contributed by atoms with van der Waals surface area (Å²) < 4.78 is 0.535. The van der Waals surface area contributed by atoms with Gasteiger partial charge in [-0.1, -0.05) is 6.42 Å². The lowest BCUT2D eigenvalue weighted by atomic mass is 9.84. The van der Waals surface area contributed by atoms with E-state index in [0.717, 1.165) is 6.54 Å².